The number of aromatic nitrogens is 2. The van der Waals surface area contributed by atoms with Crippen LogP contribution in [-0.4, -0.2) is 39.4 Å². The van der Waals surface area contributed by atoms with Crippen molar-refractivity contribution in [2.24, 2.45) is 0 Å². The summed E-state index contributed by atoms with van der Waals surface area (Å²) in [6, 6.07) is 14.4. The predicted molar refractivity (Wildman–Crippen MR) is 155 cm³/mol. The van der Waals surface area contributed by atoms with Gasteiger partial charge in [-0.2, -0.15) is 0 Å². The van der Waals surface area contributed by atoms with E-state index in [0.29, 0.717) is 30.2 Å². The molecule has 2 aromatic carbocycles. The van der Waals surface area contributed by atoms with Gasteiger partial charge in [0.2, 0.25) is 0 Å². The maximum absolute atomic E-state index is 11.3. The number of ether oxygens (including phenoxy) is 1. The maximum Gasteiger partial charge on any atom is 0.335 e. The Hall–Kier alpha value is -3.49. The third kappa shape index (κ3) is 4.63. The van der Waals surface area contributed by atoms with Gasteiger partial charge >= 0.3 is 5.97 Å². The molecule has 2 aliphatic heterocycles. The summed E-state index contributed by atoms with van der Waals surface area (Å²) in [6.45, 7) is 4.60. The van der Waals surface area contributed by atoms with Crippen molar-refractivity contribution in [3.8, 4) is 22.5 Å². The van der Waals surface area contributed by atoms with Crippen molar-refractivity contribution < 1.29 is 19.2 Å². The first kappa shape index (κ1) is 25.5. The molecule has 1 saturated carbocycles. The van der Waals surface area contributed by atoms with Gasteiger partial charge in [0.05, 0.1) is 24.0 Å². The van der Waals surface area contributed by atoms with Gasteiger partial charge in [0, 0.05) is 40.1 Å². The first-order chi connectivity index (χ1) is 19.5. The van der Waals surface area contributed by atoms with Crippen LogP contribution in [-0.2, 0) is 11.3 Å². The average Bonchev–Trinajstić information content (AvgIpc) is 3.42. The second kappa shape index (κ2) is 10.2. The normalized spacial score (nSPS) is 22.1. The van der Waals surface area contributed by atoms with Crippen LogP contribution in [0.25, 0.3) is 22.5 Å². The third-order valence-electron chi connectivity index (χ3n) is 8.78. The van der Waals surface area contributed by atoms with E-state index in [1.807, 2.05) is 13.0 Å². The summed E-state index contributed by atoms with van der Waals surface area (Å²) in [5.74, 6) is 0.583. The highest BCUT2D eigenvalue weighted by Gasteiger charge is 2.43. The molecule has 4 aromatic rings. The zero-order valence-corrected chi connectivity index (χ0v) is 23.6. The monoisotopic (exact) mass is 555 g/mol. The lowest BCUT2D eigenvalue weighted by Gasteiger charge is -2.38. The molecule has 0 unspecified atom stereocenters. The van der Waals surface area contributed by atoms with Gasteiger partial charge in [-0.25, -0.2) is 9.78 Å². The van der Waals surface area contributed by atoms with Crippen LogP contribution in [0.3, 0.4) is 0 Å². The molecule has 1 aliphatic carbocycles. The molecule has 7 rings (SSSR count). The molecule has 2 saturated heterocycles. The Morgan fingerprint density at radius 1 is 1.05 bits per heavy atom. The molecule has 4 heterocycles. The quantitative estimate of drug-likeness (QED) is 0.243. The van der Waals surface area contributed by atoms with Crippen LogP contribution in [0, 0.1) is 13.8 Å². The van der Waals surface area contributed by atoms with E-state index in [1.165, 1.54) is 5.56 Å². The van der Waals surface area contributed by atoms with Crippen LogP contribution in [0.5, 0.6) is 0 Å². The first-order valence-corrected chi connectivity index (χ1v) is 15.1. The minimum Gasteiger partial charge on any atom is -0.478 e. The van der Waals surface area contributed by atoms with E-state index < -0.39 is 5.97 Å². The molecule has 3 atom stereocenters. The summed E-state index contributed by atoms with van der Waals surface area (Å²) in [6.07, 6.45) is 6.81. The zero-order valence-electron chi connectivity index (χ0n) is 22.8. The highest BCUT2D eigenvalue weighted by Crippen LogP contribution is 2.46. The molecule has 0 amide bonds. The number of carbonyl (C=O) groups is 1. The van der Waals surface area contributed by atoms with Crippen molar-refractivity contribution in [2.45, 2.75) is 83.1 Å². The minimum atomic E-state index is -0.908. The molecule has 40 heavy (non-hydrogen) atoms. The molecule has 0 spiro atoms. The molecule has 3 fully saturated rings. The fourth-order valence-electron chi connectivity index (χ4n) is 6.55. The molecule has 206 valence electrons. The number of thiazole rings is 1. The zero-order chi connectivity index (χ0) is 27.4. The second-order valence-corrected chi connectivity index (χ2v) is 12.3. The number of benzene rings is 2. The molecule has 0 radical (unpaired) electrons. The van der Waals surface area contributed by atoms with Crippen LogP contribution in [0.2, 0.25) is 0 Å². The summed E-state index contributed by atoms with van der Waals surface area (Å²) in [4.78, 5) is 18.9. The molecule has 3 aliphatic rings. The number of aryl methyl sites for hydroxylation is 2. The SMILES string of the molecule is Cc1cc(C(=O)O)ccc1-c1csc(N2[C@@H]3CC[C@H]2C[C@@H](OCc2c(-c4ccccc4C)noc2C2CC2)C3)n1. The molecule has 1 N–H and O–H groups in total. The van der Waals surface area contributed by atoms with Gasteiger partial charge < -0.3 is 19.3 Å². The Kier molecular flexibility index (Phi) is 6.47. The van der Waals surface area contributed by atoms with Crippen molar-refractivity contribution in [2.75, 3.05) is 4.90 Å². The summed E-state index contributed by atoms with van der Waals surface area (Å²) < 4.78 is 12.5. The number of carboxylic acid groups (broad SMARTS) is 1. The summed E-state index contributed by atoms with van der Waals surface area (Å²) in [7, 11) is 0. The summed E-state index contributed by atoms with van der Waals surface area (Å²) in [5.41, 5.74) is 7.51. The van der Waals surface area contributed by atoms with Crippen molar-refractivity contribution >= 4 is 22.4 Å². The number of rotatable bonds is 8. The summed E-state index contributed by atoms with van der Waals surface area (Å²) in [5, 5.41) is 17.0. The Bertz CT molecular complexity index is 1560. The molecular formula is C32H33N3O4S. The van der Waals surface area contributed by atoms with Crippen molar-refractivity contribution in [1.29, 1.82) is 0 Å². The van der Waals surface area contributed by atoms with Crippen LogP contribution >= 0.6 is 11.3 Å². The van der Waals surface area contributed by atoms with Crippen LogP contribution in [0.4, 0.5) is 5.13 Å². The number of carboxylic acids is 1. The van der Waals surface area contributed by atoms with Gasteiger partial charge in [-0.3, -0.25) is 0 Å². The van der Waals surface area contributed by atoms with E-state index in [-0.39, 0.29) is 6.10 Å². The Morgan fingerprint density at radius 2 is 1.82 bits per heavy atom. The van der Waals surface area contributed by atoms with Gasteiger partial charge in [0.15, 0.2) is 5.13 Å². The third-order valence-corrected chi connectivity index (χ3v) is 9.64. The Labute approximate surface area is 237 Å². The second-order valence-electron chi connectivity index (χ2n) is 11.5. The standard InChI is InChI=1S/C32H33N3O4S/c1-18-5-3-4-6-26(18)29-27(30(39-34-29)20-7-8-20)16-38-24-14-22-10-11-23(15-24)35(22)32-33-28(17-40-32)25-12-9-21(31(36)37)13-19(25)2/h3-6,9,12-13,17,20,22-24H,7-8,10-11,14-16H2,1-2H3,(H,36,37)/t22-,23+,24+. The summed E-state index contributed by atoms with van der Waals surface area (Å²) >= 11 is 1.68. The number of piperidine rings is 1. The highest BCUT2D eigenvalue weighted by molar-refractivity contribution is 7.14. The van der Waals surface area contributed by atoms with Gasteiger partial charge in [-0.15, -0.1) is 11.3 Å². The lowest BCUT2D eigenvalue weighted by atomic mass is 9.99. The van der Waals surface area contributed by atoms with E-state index >= 15 is 0 Å². The van der Waals surface area contributed by atoms with Crippen LogP contribution < -0.4 is 4.90 Å². The smallest absolute Gasteiger partial charge is 0.335 e. The number of anilines is 1. The maximum atomic E-state index is 11.3. The van der Waals surface area contributed by atoms with Crippen LogP contribution in [0.15, 0.2) is 52.4 Å². The van der Waals surface area contributed by atoms with Crippen LogP contribution in [0.1, 0.15) is 77.3 Å². The Balaban J connectivity index is 1.06. The Morgan fingerprint density at radius 3 is 2.52 bits per heavy atom. The number of nitrogens with zero attached hydrogens (tertiary/aromatic N) is 3. The van der Waals surface area contributed by atoms with Gasteiger partial charge in [0.25, 0.3) is 0 Å². The van der Waals surface area contributed by atoms with Crippen molar-refractivity contribution in [3.05, 3.63) is 75.9 Å². The molecule has 2 bridgehead atoms. The number of hydrogen-bond donors (Lipinski definition) is 1. The van der Waals surface area contributed by atoms with Gasteiger partial charge in [-0.1, -0.05) is 35.5 Å². The van der Waals surface area contributed by atoms with Gasteiger partial charge in [0.1, 0.15) is 11.5 Å². The van der Waals surface area contributed by atoms with E-state index in [2.05, 4.69) is 46.6 Å². The fourth-order valence-corrected chi connectivity index (χ4v) is 7.51. The van der Waals surface area contributed by atoms with Crippen molar-refractivity contribution in [1.82, 2.24) is 10.1 Å². The van der Waals surface area contributed by atoms with E-state index in [4.69, 9.17) is 14.2 Å². The first-order valence-electron chi connectivity index (χ1n) is 14.2. The number of fused-ring (bicyclic) bond motifs is 2. The highest BCUT2D eigenvalue weighted by atomic mass is 32.1. The average molecular weight is 556 g/mol. The topological polar surface area (TPSA) is 88.7 Å². The number of aromatic carboxylic acids is 1. The minimum absolute atomic E-state index is 0.200. The van der Waals surface area contributed by atoms with Crippen molar-refractivity contribution in [3.63, 3.8) is 0 Å². The molecule has 7 nitrogen and oxygen atoms in total. The molecular weight excluding hydrogens is 522 g/mol. The van der Waals surface area contributed by atoms with E-state index in [9.17, 15) is 9.90 Å². The molecule has 8 heteroatoms. The number of hydrogen-bond acceptors (Lipinski definition) is 7. The fraction of sp³-hybridized carbons (Fsp3) is 0.406. The molecule has 2 aromatic heterocycles. The largest absolute Gasteiger partial charge is 0.478 e. The van der Waals surface area contributed by atoms with E-state index in [0.717, 1.165) is 83.1 Å². The van der Waals surface area contributed by atoms with Gasteiger partial charge in [-0.05, 0) is 75.6 Å². The van der Waals surface area contributed by atoms with E-state index in [1.54, 1.807) is 23.5 Å². The predicted octanol–water partition coefficient (Wildman–Crippen LogP) is 7.37. The lowest BCUT2D eigenvalue weighted by Crippen LogP contribution is -2.45. The lowest BCUT2D eigenvalue weighted by molar-refractivity contribution is 0.0147.